The summed E-state index contributed by atoms with van der Waals surface area (Å²) in [6.07, 6.45) is -5.07. The molecule has 1 aliphatic rings. The van der Waals surface area contributed by atoms with Gasteiger partial charge in [-0.05, 0) is 17.7 Å². The molecule has 0 radical (unpaired) electrons. The summed E-state index contributed by atoms with van der Waals surface area (Å²) in [5.41, 5.74) is 0.913. The molecule has 11 heteroatoms. The number of amides is 1. The van der Waals surface area contributed by atoms with Crippen molar-refractivity contribution < 1.29 is 22.7 Å². The molecule has 8 nitrogen and oxygen atoms in total. The number of aromatic nitrogens is 4. The first-order valence-electron chi connectivity index (χ1n) is 8.92. The fraction of sp³-hybridized carbons (Fsp3) is 0.333. The van der Waals surface area contributed by atoms with Crippen molar-refractivity contribution in [2.75, 3.05) is 31.1 Å². The number of hydrogen-bond acceptors (Lipinski definition) is 6. The predicted molar refractivity (Wildman–Crippen MR) is 96.2 cm³/mol. The van der Waals surface area contributed by atoms with Crippen molar-refractivity contribution >= 4 is 17.6 Å². The maximum absolute atomic E-state index is 13.0. The molecule has 1 aliphatic heterocycles. The lowest BCUT2D eigenvalue weighted by Crippen LogP contribution is -2.49. The summed E-state index contributed by atoms with van der Waals surface area (Å²) in [6, 6.07) is 12.4. The lowest BCUT2D eigenvalue weighted by atomic mass is 10.2. The van der Waals surface area contributed by atoms with Gasteiger partial charge >= 0.3 is 12.3 Å². The van der Waals surface area contributed by atoms with Crippen molar-refractivity contribution in [3.05, 3.63) is 53.9 Å². The van der Waals surface area contributed by atoms with Gasteiger partial charge in [-0.2, -0.15) is 17.7 Å². The Morgan fingerprint density at radius 3 is 2.41 bits per heavy atom. The predicted octanol–water partition coefficient (Wildman–Crippen LogP) is 2.60. The number of alkyl halides is 3. The summed E-state index contributed by atoms with van der Waals surface area (Å²) in [5, 5.41) is 10.7. The minimum atomic E-state index is -4.65. The van der Waals surface area contributed by atoms with Crippen LogP contribution in [0.2, 0.25) is 0 Å². The van der Waals surface area contributed by atoms with E-state index in [1.165, 1.54) is 6.07 Å². The van der Waals surface area contributed by atoms with Crippen LogP contribution < -0.4 is 4.90 Å². The summed E-state index contributed by atoms with van der Waals surface area (Å²) in [7, 11) is 0. The van der Waals surface area contributed by atoms with Crippen molar-refractivity contribution in [2.45, 2.75) is 12.8 Å². The number of anilines is 1. The number of piperazine rings is 1. The Hall–Kier alpha value is -3.37. The SMILES string of the molecule is O=C(OCc1ccccc1)N1CCN(c2ccc3nnc(C(F)(F)F)n3n2)CC1. The zero-order valence-electron chi connectivity index (χ0n) is 15.2. The maximum atomic E-state index is 13.0. The minimum Gasteiger partial charge on any atom is -0.445 e. The Labute approximate surface area is 163 Å². The average molecular weight is 406 g/mol. The highest BCUT2D eigenvalue weighted by atomic mass is 19.4. The molecule has 3 heterocycles. The number of carbonyl (C=O) groups is 1. The van der Waals surface area contributed by atoms with Gasteiger partial charge in [0.15, 0.2) is 5.65 Å². The molecule has 1 aromatic carbocycles. The van der Waals surface area contributed by atoms with E-state index in [4.69, 9.17) is 4.74 Å². The standard InChI is InChI=1S/C18H17F3N6O2/c19-18(20,21)16-23-22-14-6-7-15(24-27(14)16)25-8-10-26(11-9-25)17(28)29-12-13-4-2-1-3-5-13/h1-7H,8-12H2. The van der Waals surface area contributed by atoms with Gasteiger partial charge in [-0.15, -0.1) is 15.3 Å². The molecule has 0 atom stereocenters. The van der Waals surface area contributed by atoms with Gasteiger partial charge in [0.25, 0.3) is 5.82 Å². The molecule has 0 aliphatic carbocycles. The van der Waals surface area contributed by atoms with Gasteiger partial charge in [0.2, 0.25) is 0 Å². The van der Waals surface area contributed by atoms with E-state index in [-0.39, 0.29) is 12.3 Å². The van der Waals surface area contributed by atoms with E-state index in [0.29, 0.717) is 36.5 Å². The zero-order chi connectivity index (χ0) is 20.4. The van der Waals surface area contributed by atoms with Crippen LogP contribution in [0, 0.1) is 0 Å². The third-order valence-corrected chi connectivity index (χ3v) is 4.57. The van der Waals surface area contributed by atoms with Crippen LogP contribution in [0.5, 0.6) is 0 Å². The van der Waals surface area contributed by atoms with Gasteiger partial charge in [-0.3, -0.25) is 0 Å². The van der Waals surface area contributed by atoms with Crippen molar-refractivity contribution in [3.8, 4) is 0 Å². The fourth-order valence-electron chi connectivity index (χ4n) is 3.05. The van der Waals surface area contributed by atoms with Crippen LogP contribution in [0.15, 0.2) is 42.5 Å². The molecule has 0 N–H and O–H groups in total. The second-order valence-corrected chi connectivity index (χ2v) is 6.50. The number of rotatable bonds is 3. The Kier molecular flexibility index (Phi) is 4.95. The smallest absolute Gasteiger partial charge is 0.445 e. The minimum absolute atomic E-state index is 0.0178. The van der Waals surface area contributed by atoms with E-state index in [9.17, 15) is 18.0 Å². The molecule has 4 rings (SSSR count). The number of hydrogen-bond donors (Lipinski definition) is 0. The second kappa shape index (κ2) is 7.57. The molecule has 0 bridgehead atoms. The molecule has 0 unspecified atom stereocenters. The van der Waals surface area contributed by atoms with Gasteiger partial charge in [0.05, 0.1) is 0 Å². The van der Waals surface area contributed by atoms with Gasteiger partial charge in [0, 0.05) is 26.2 Å². The molecule has 0 saturated carbocycles. The average Bonchev–Trinajstić information content (AvgIpc) is 3.17. The maximum Gasteiger partial charge on any atom is 0.453 e. The number of halogens is 3. The van der Waals surface area contributed by atoms with Crippen molar-refractivity contribution in [3.63, 3.8) is 0 Å². The Morgan fingerprint density at radius 1 is 1.00 bits per heavy atom. The summed E-state index contributed by atoms with van der Waals surface area (Å²) in [5.74, 6) is -0.808. The summed E-state index contributed by atoms with van der Waals surface area (Å²) in [4.78, 5) is 15.6. The van der Waals surface area contributed by atoms with E-state index < -0.39 is 18.1 Å². The van der Waals surface area contributed by atoms with E-state index in [2.05, 4.69) is 15.3 Å². The lowest BCUT2D eigenvalue weighted by molar-refractivity contribution is -0.146. The Balaban J connectivity index is 1.38. The van der Waals surface area contributed by atoms with E-state index >= 15 is 0 Å². The molecule has 29 heavy (non-hydrogen) atoms. The van der Waals surface area contributed by atoms with Gasteiger partial charge < -0.3 is 14.5 Å². The van der Waals surface area contributed by atoms with Crippen molar-refractivity contribution in [2.24, 2.45) is 0 Å². The number of carbonyl (C=O) groups excluding carboxylic acids is 1. The van der Waals surface area contributed by atoms with E-state index in [1.807, 2.05) is 30.3 Å². The highest BCUT2D eigenvalue weighted by Gasteiger charge is 2.38. The monoisotopic (exact) mass is 406 g/mol. The Morgan fingerprint density at radius 2 is 1.72 bits per heavy atom. The molecule has 2 aromatic heterocycles. The second-order valence-electron chi connectivity index (χ2n) is 6.50. The van der Waals surface area contributed by atoms with Crippen LogP contribution in [0.3, 0.4) is 0 Å². The van der Waals surface area contributed by atoms with Crippen LogP contribution in [0.4, 0.5) is 23.8 Å². The Bertz CT molecular complexity index is 1000. The van der Waals surface area contributed by atoms with Crippen LogP contribution in [0.25, 0.3) is 5.65 Å². The number of ether oxygens (including phenoxy) is 1. The van der Waals surface area contributed by atoms with E-state index in [0.717, 1.165) is 5.56 Å². The largest absolute Gasteiger partial charge is 0.453 e. The highest BCUT2D eigenvalue weighted by Crippen LogP contribution is 2.28. The molecule has 1 saturated heterocycles. The quantitative estimate of drug-likeness (QED) is 0.666. The van der Waals surface area contributed by atoms with Crippen LogP contribution in [-0.4, -0.2) is 57.0 Å². The first-order valence-corrected chi connectivity index (χ1v) is 8.92. The van der Waals surface area contributed by atoms with E-state index in [1.54, 1.807) is 15.9 Å². The van der Waals surface area contributed by atoms with Crippen LogP contribution in [-0.2, 0) is 17.5 Å². The summed E-state index contributed by atoms with van der Waals surface area (Å²) >= 11 is 0. The third kappa shape index (κ3) is 4.08. The number of benzene rings is 1. The lowest BCUT2D eigenvalue weighted by Gasteiger charge is -2.34. The number of nitrogens with zero attached hydrogens (tertiary/aromatic N) is 6. The van der Waals surface area contributed by atoms with Crippen molar-refractivity contribution in [1.29, 1.82) is 0 Å². The first kappa shape index (κ1) is 19.0. The van der Waals surface area contributed by atoms with Gasteiger partial charge in [-0.25, -0.2) is 4.79 Å². The van der Waals surface area contributed by atoms with Gasteiger partial charge in [-0.1, -0.05) is 30.3 Å². The normalized spacial score (nSPS) is 15.0. The third-order valence-electron chi connectivity index (χ3n) is 4.57. The molecular weight excluding hydrogens is 389 g/mol. The van der Waals surface area contributed by atoms with Gasteiger partial charge in [0.1, 0.15) is 12.4 Å². The molecule has 152 valence electrons. The topological polar surface area (TPSA) is 75.9 Å². The molecule has 0 spiro atoms. The zero-order valence-corrected chi connectivity index (χ0v) is 15.2. The summed E-state index contributed by atoms with van der Waals surface area (Å²) < 4.78 is 45.1. The molecule has 3 aromatic rings. The fourth-order valence-corrected chi connectivity index (χ4v) is 3.05. The summed E-state index contributed by atoms with van der Waals surface area (Å²) in [6.45, 7) is 1.78. The molecule has 1 amide bonds. The molecule has 1 fully saturated rings. The van der Waals surface area contributed by atoms with Crippen LogP contribution in [0.1, 0.15) is 11.4 Å². The van der Waals surface area contributed by atoms with Crippen LogP contribution >= 0.6 is 0 Å². The highest BCUT2D eigenvalue weighted by molar-refractivity contribution is 5.68. The van der Waals surface area contributed by atoms with Crippen molar-refractivity contribution in [1.82, 2.24) is 24.7 Å². The number of fused-ring (bicyclic) bond motifs is 1. The molecular formula is C18H17F3N6O2. The first-order chi connectivity index (χ1) is 13.9.